The van der Waals surface area contributed by atoms with E-state index in [0.717, 1.165) is 23.9 Å². The van der Waals surface area contributed by atoms with Gasteiger partial charge < -0.3 is 15.6 Å². The highest BCUT2D eigenvalue weighted by molar-refractivity contribution is 8.00. The maximum absolute atomic E-state index is 11.8. The molecule has 1 aromatic rings. The Balaban J connectivity index is 2.72. The molecule has 6 nitrogen and oxygen atoms in total. The molecule has 1 heterocycles. The second-order valence-corrected chi connectivity index (χ2v) is 5.36. The summed E-state index contributed by atoms with van der Waals surface area (Å²) in [5.74, 6) is 0.716. The summed E-state index contributed by atoms with van der Waals surface area (Å²) in [5, 5.41) is 11.4. The van der Waals surface area contributed by atoms with Gasteiger partial charge in [-0.25, -0.2) is 0 Å². The topological polar surface area (TPSA) is 85.8 Å². The van der Waals surface area contributed by atoms with Crippen molar-refractivity contribution in [2.24, 2.45) is 5.73 Å². The van der Waals surface area contributed by atoms with Gasteiger partial charge in [-0.15, -0.1) is 16.8 Å². The van der Waals surface area contributed by atoms with Crippen LogP contribution in [0, 0.1) is 0 Å². The zero-order valence-corrected chi connectivity index (χ0v) is 12.2. The standard InChI is InChI=1S/C12H21N5OS/c1-4-6-14-11(18)9(3)19-12-16-15-10(8-13)17(12)7-5-2/h4,9H,1,5-8,13H2,2-3H3,(H,14,18). The molecule has 0 radical (unpaired) electrons. The quantitative estimate of drug-likeness (QED) is 0.547. The Morgan fingerprint density at radius 3 is 2.95 bits per heavy atom. The highest BCUT2D eigenvalue weighted by atomic mass is 32.2. The van der Waals surface area contributed by atoms with Crippen molar-refractivity contribution in [3.63, 3.8) is 0 Å². The van der Waals surface area contributed by atoms with Crippen LogP contribution in [0.1, 0.15) is 26.1 Å². The molecule has 0 aliphatic heterocycles. The van der Waals surface area contributed by atoms with E-state index in [0.29, 0.717) is 13.1 Å². The van der Waals surface area contributed by atoms with Crippen molar-refractivity contribution in [3.05, 3.63) is 18.5 Å². The average Bonchev–Trinajstić information content (AvgIpc) is 2.78. The number of nitrogens with one attached hydrogen (secondary N) is 1. The Kier molecular flexibility index (Phi) is 6.58. The Morgan fingerprint density at radius 2 is 2.37 bits per heavy atom. The number of aromatic nitrogens is 3. The number of rotatable bonds is 8. The van der Waals surface area contributed by atoms with Crippen LogP contribution in [0.5, 0.6) is 0 Å². The minimum atomic E-state index is -0.231. The van der Waals surface area contributed by atoms with Gasteiger partial charge in [-0.1, -0.05) is 24.8 Å². The van der Waals surface area contributed by atoms with E-state index in [1.807, 2.05) is 11.5 Å². The lowest BCUT2D eigenvalue weighted by atomic mass is 10.4. The lowest BCUT2D eigenvalue weighted by Crippen LogP contribution is -2.31. The molecule has 3 N–H and O–H groups in total. The maximum atomic E-state index is 11.8. The summed E-state index contributed by atoms with van der Waals surface area (Å²) in [7, 11) is 0. The first-order valence-corrected chi connectivity index (χ1v) is 7.19. The minimum absolute atomic E-state index is 0.0368. The van der Waals surface area contributed by atoms with Crippen molar-refractivity contribution >= 4 is 17.7 Å². The minimum Gasteiger partial charge on any atom is -0.352 e. The third kappa shape index (κ3) is 4.36. The molecule has 0 aromatic carbocycles. The van der Waals surface area contributed by atoms with E-state index in [4.69, 9.17) is 5.73 Å². The Bertz CT molecular complexity index is 432. The summed E-state index contributed by atoms with van der Waals surface area (Å²) in [6.45, 7) is 9.12. The average molecular weight is 283 g/mol. The Labute approximate surface area is 117 Å². The molecule has 1 unspecified atom stereocenters. The monoisotopic (exact) mass is 283 g/mol. The van der Waals surface area contributed by atoms with Crippen molar-refractivity contribution in [1.82, 2.24) is 20.1 Å². The van der Waals surface area contributed by atoms with E-state index >= 15 is 0 Å². The molecule has 0 aliphatic carbocycles. The van der Waals surface area contributed by atoms with E-state index in [1.165, 1.54) is 11.8 Å². The first-order valence-electron chi connectivity index (χ1n) is 6.31. The van der Waals surface area contributed by atoms with Gasteiger partial charge >= 0.3 is 0 Å². The van der Waals surface area contributed by atoms with Gasteiger partial charge in [0.1, 0.15) is 5.82 Å². The van der Waals surface area contributed by atoms with Crippen LogP contribution in [-0.2, 0) is 17.9 Å². The van der Waals surface area contributed by atoms with E-state index in [1.54, 1.807) is 6.08 Å². The van der Waals surface area contributed by atoms with Crippen LogP contribution in [0.25, 0.3) is 0 Å². The number of nitrogens with zero attached hydrogens (tertiary/aromatic N) is 3. The molecule has 0 fully saturated rings. The molecule has 1 rings (SSSR count). The molecule has 1 amide bonds. The molecule has 19 heavy (non-hydrogen) atoms. The first kappa shape index (κ1) is 15.7. The molecule has 7 heteroatoms. The van der Waals surface area contributed by atoms with E-state index in [-0.39, 0.29) is 11.2 Å². The predicted molar refractivity (Wildman–Crippen MR) is 76.7 cm³/mol. The number of carbonyl (C=O) groups excluding carboxylic acids is 1. The van der Waals surface area contributed by atoms with Crippen molar-refractivity contribution in [3.8, 4) is 0 Å². The normalized spacial score (nSPS) is 12.2. The van der Waals surface area contributed by atoms with Crippen LogP contribution in [0.2, 0.25) is 0 Å². The second-order valence-electron chi connectivity index (χ2n) is 4.05. The van der Waals surface area contributed by atoms with Crippen LogP contribution >= 0.6 is 11.8 Å². The van der Waals surface area contributed by atoms with Crippen molar-refractivity contribution in [2.75, 3.05) is 6.54 Å². The third-order valence-electron chi connectivity index (χ3n) is 2.50. The van der Waals surface area contributed by atoms with Crippen molar-refractivity contribution in [2.45, 2.75) is 43.8 Å². The highest BCUT2D eigenvalue weighted by Gasteiger charge is 2.18. The number of hydrogen-bond acceptors (Lipinski definition) is 5. The summed E-state index contributed by atoms with van der Waals surface area (Å²) >= 11 is 1.39. The van der Waals surface area contributed by atoms with Crippen LogP contribution < -0.4 is 11.1 Å². The van der Waals surface area contributed by atoms with Crippen molar-refractivity contribution in [1.29, 1.82) is 0 Å². The fourth-order valence-corrected chi connectivity index (χ4v) is 2.45. The first-order chi connectivity index (χ1) is 9.13. The zero-order chi connectivity index (χ0) is 14.3. The van der Waals surface area contributed by atoms with Gasteiger partial charge in [-0.2, -0.15) is 0 Å². The van der Waals surface area contributed by atoms with Gasteiger partial charge in [0.05, 0.1) is 11.8 Å². The largest absolute Gasteiger partial charge is 0.352 e. The molecule has 106 valence electrons. The van der Waals surface area contributed by atoms with Crippen LogP contribution in [-0.4, -0.2) is 32.5 Å². The van der Waals surface area contributed by atoms with Gasteiger partial charge in [0.25, 0.3) is 0 Å². The zero-order valence-electron chi connectivity index (χ0n) is 11.4. The molecule has 1 atom stereocenters. The number of carbonyl (C=O) groups is 1. The van der Waals surface area contributed by atoms with Gasteiger partial charge in [0.15, 0.2) is 5.16 Å². The fraction of sp³-hybridized carbons (Fsp3) is 0.583. The number of hydrogen-bond donors (Lipinski definition) is 2. The van der Waals surface area contributed by atoms with Gasteiger partial charge in [0.2, 0.25) is 5.91 Å². The highest BCUT2D eigenvalue weighted by Crippen LogP contribution is 2.22. The predicted octanol–water partition coefficient (Wildman–Crippen LogP) is 0.930. The molecule has 1 aromatic heterocycles. The van der Waals surface area contributed by atoms with Gasteiger partial charge in [-0.05, 0) is 13.3 Å². The number of nitrogens with two attached hydrogens (primary N) is 1. The molecule has 0 saturated heterocycles. The van der Waals surface area contributed by atoms with E-state index in [2.05, 4.69) is 29.0 Å². The summed E-state index contributed by atoms with van der Waals surface area (Å²) < 4.78 is 1.97. The molecule has 0 saturated carbocycles. The molecule has 0 aliphatic rings. The maximum Gasteiger partial charge on any atom is 0.233 e. The SMILES string of the molecule is C=CCNC(=O)C(C)Sc1nnc(CN)n1CCC. The fourth-order valence-electron chi connectivity index (χ4n) is 1.53. The van der Waals surface area contributed by atoms with Crippen molar-refractivity contribution < 1.29 is 4.79 Å². The van der Waals surface area contributed by atoms with Crippen LogP contribution in [0.4, 0.5) is 0 Å². The molecule has 0 bridgehead atoms. The number of amides is 1. The molecular weight excluding hydrogens is 262 g/mol. The molecular formula is C12H21N5OS. The summed E-state index contributed by atoms with van der Waals surface area (Å²) in [5.41, 5.74) is 5.63. The summed E-state index contributed by atoms with van der Waals surface area (Å²) in [6.07, 6.45) is 2.62. The Hall–Kier alpha value is -1.34. The van der Waals surface area contributed by atoms with Gasteiger partial charge in [-0.3, -0.25) is 4.79 Å². The van der Waals surface area contributed by atoms with Gasteiger partial charge in [0, 0.05) is 13.1 Å². The Morgan fingerprint density at radius 1 is 1.63 bits per heavy atom. The number of thioether (sulfide) groups is 1. The lowest BCUT2D eigenvalue weighted by molar-refractivity contribution is -0.120. The summed E-state index contributed by atoms with van der Waals surface area (Å²) in [6, 6.07) is 0. The molecule has 0 spiro atoms. The third-order valence-corrected chi connectivity index (χ3v) is 3.58. The summed E-state index contributed by atoms with van der Waals surface area (Å²) in [4.78, 5) is 11.8. The second kappa shape index (κ2) is 7.96. The van der Waals surface area contributed by atoms with Crippen LogP contribution in [0.3, 0.4) is 0 Å². The van der Waals surface area contributed by atoms with E-state index < -0.39 is 0 Å². The smallest absolute Gasteiger partial charge is 0.233 e. The van der Waals surface area contributed by atoms with E-state index in [9.17, 15) is 4.79 Å². The van der Waals surface area contributed by atoms with Crippen LogP contribution in [0.15, 0.2) is 17.8 Å². The lowest BCUT2D eigenvalue weighted by Gasteiger charge is -2.12.